The first-order chi connectivity index (χ1) is 9.90. The molecule has 0 bridgehead atoms. The van der Waals surface area contributed by atoms with Crippen LogP contribution >= 0.6 is 11.6 Å². The summed E-state index contributed by atoms with van der Waals surface area (Å²) < 4.78 is 18.6. The van der Waals surface area contributed by atoms with Crippen LogP contribution in [-0.2, 0) is 0 Å². The highest BCUT2D eigenvalue weighted by atomic mass is 35.5. The Morgan fingerprint density at radius 1 is 1.38 bits per heavy atom. The zero-order valence-corrected chi connectivity index (χ0v) is 12.0. The number of nitro groups is 1. The van der Waals surface area contributed by atoms with Gasteiger partial charge in [0.1, 0.15) is 17.3 Å². The van der Waals surface area contributed by atoms with E-state index in [4.69, 9.17) is 16.3 Å². The monoisotopic (exact) mass is 311 g/mol. The van der Waals surface area contributed by atoms with Crippen LogP contribution in [0.4, 0.5) is 10.1 Å². The molecule has 1 aromatic carbocycles. The summed E-state index contributed by atoms with van der Waals surface area (Å²) in [5.41, 5.74) is 0.0391. The molecule has 2 aromatic rings. The molecule has 0 fully saturated rings. The van der Waals surface area contributed by atoms with Gasteiger partial charge >= 0.3 is 5.69 Å². The molecule has 110 valence electrons. The number of nitro benzene ring substituents is 1. The standard InChI is InChI=1S/C13H11ClFN3O3/c1-7(2)11-12(14)16-6-17-13(11)21-10-4-3-8(15)5-9(10)18(19)20/h3-7H,1-2H3. The summed E-state index contributed by atoms with van der Waals surface area (Å²) in [6.45, 7) is 3.72. The van der Waals surface area contributed by atoms with Gasteiger partial charge in [-0.25, -0.2) is 14.4 Å². The average Bonchev–Trinajstić information content (AvgIpc) is 2.40. The van der Waals surface area contributed by atoms with Crippen LogP contribution in [0.3, 0.4) is 0 Å². The van der Waals surface area contributed by atoms with Crippen LogP contribution in [0.1, 0.15) is 25.3 Å². The lowest BCUT2D eigenvalue weighted by Crippen LogP contribution is -2.01. The maximum Gasteiger partial charge on any atom is 0.314 e. The fourth-order valence-corrected chi connectivity index (χ4v) is 2.09. The van der Waals surface area contributed by atoms with E-state index in [1.807, 2.05) is 13.8 Å². The van der Waals surface area contributed by atoms with Crippen molar-refractivity contribution in [2.45, 2.75) is 19.8 Å². The highest BCUT2D eigenvalue weighted by Gasteiger charge is 2.21. The van der Waals surface area contributed by atoms with Crippen molar-refractivity contribution in [3.8, 4) is 11.6 Å². The van der Waals surface area contributed by atoms with Gasteiger partial charge in [0.25, 0.3) is 0 Å². The number of ether oxygens (including phenoxy) is 1. The van der Waals surface area contributed by atoms with E-state index in [1.165, 1.54) is 12.4 Å². The zero-order valence-electron chi connectivity index (χ0n) is 11.2. The summed E-state index contributed by atoms with van der Waals surface area (Å²) in [5, 5.41) is 11.2. The van der Waals surface area contributed by atoms with Gasteiger partial charge in [-0.2, -0.15) is 0 Å². The number of nitrogens with zero attached hydrogens (tertiary/aromatic N) is 3. The van der Waals surface area contributed by atoms with Crippen LogP contribution in [-0.4, -0.2) is 14.9 Å². The predicted molar refractivity (Wildman–Crippen MR) is 74.3 cm³/mol. The molecule has 8 heteroatoms. The van der Waals surface area contributed by atoms with E-state index in [0.29, 0.717) is 5.56 Å². The van der Waals surface area contributed by atoms with Gasteiger partial charge in [-0.15, -0.1) is 0 Å². The molecule has 0 aliphatic heterocycles. The van der Waals surface area contributed by atoms with Crippen molar-refractivity contribution in [1.29, 1.82) is 0 Å². The van der Waals surface area contributed by atoms with Gasteiger partial charge in [0, 0.05) is 0 Å². The quantitative estimate of drug-likeness (QED) is 0.482. The normalized spacial score (nSPS) is 10.7. The molecule has 6 nitrogen and oxygen atoms in total. The molecule has 2 rings (SSSR count). The highest BCUT2D eigenvalue weighted by Crippen LogP contribution is 2.36. The summed E-state index contributed by atoms with van der Waals surface area (Å²) in [6, 6.07) is 3.03. The van der Waals surface area contributed by atoms with Crippen molar-refractivity contribution < 1.29 is 14.1 Å². The van der Waals surface area contributed by atoms with Crippen LogP contribution in [0.15, 0.2) is 24.5 Å². The second-order valence-corrected chi connectivity index (χ2v) is 4.87. The Morgan fingerprint density at radius 3 is 2.71 bits per heavy atom. The first-order valence-electron chi connectivity index (χ1n) is 6.02. The number of rotatable bonds is 4. The Morgan fingerprint density at radius 2 is 2.10 bits per heavy atom. The third-order valence-corrected chi connectivity index (χ3v) is 3.00. The van der Waals surface area contributed by atoms with Crippen molar-refractivity contribution in [2.24, 2.45) is 0 Å². The largest absolute Gasteiger partial charge is 0.431 e. The van der Waals surface area contributed by atoms with E-state index in [0.717, 1.165) is 12.1 Å². The summed E-state index contributed by atoms with van der Waals surface area (Å²) in [7, 11) is 0. The minimum atomic E-state index is -0.726. The van der Waals surface area contributed by atoms with Crippen molar-refractivity contribution in [3.63, 3.8) is 0 Å². The van der Waals surface area contributed by atoms with E-state index < -0.39 is 16.4 Å². The number of halogens is 2. The topological polar surface area (TPSA) is 78.2 Å². The molecule has 1 heterocycles. The minimum Gasteiger partial charge on any atom is -0.431 e. The van der Waals surface area contributed by atoms with E-state index in [2.05, 4.69) is 9.97 Å². The number of benzene rings is 1. The Balaban J connectivity index is 2.49. The molecule has 0 atom stereocenters. The van der Waals surface area contributed by atoms with Gasteiger partial charge in [0.2, 0.25) is 11.6 Å². The summed E-state index contributed by atoms with van der Waals surface area (Å²) in [4.78, 5) is 18.0. The van der Waals surface area contributed by atoms with Gasteiger partial charge in [-0.1, -0.05) is 25.4 Å². The number of hydrogen-bond donors (Lipinski definition) is 0. The molecule has 0 N–H and O–H groups in total. The van der Waals surface area contributed by atoms with Gasteiger partial charge in [-0.3, -0.25) is 10.1 Å². The molecule has 1 aromatic heterocycles. The maximum atomic E-state index is 13.1. The molecule has 0 aliphatic rings. The van der Waals surface area contributed by atoms with Crippen molar-refractivity contribution in [1.82, 2.24) is 9.97 Å². The van der Waals surface area contributed by atoms with E-state index in [1.54, 1.807) is 0 Å². The fourth-order valence-electron chi connectivity index (χ4n) is 1.75. The van der Waals surface area contributed by atoms with Crippen LogP contribution < -0.4 is 4.74 Å². The molecule has 0 aliphatic carbocycles. The first-order valence-corrected chi connectivity index (χ1v) is 6.40. The van der Waals surface area contributed by atoms with Crippen LogP contribution in [0, 0.1) is 15.9 Å². The molecular weight excluding hydrogens is 301 g/mol. The lowest BCUT2D eigenvalue weighted by Gasteiger charge is -2.13. The third-order valence-electron chi connectivity index (χ3n) is 2.70. The smallest absolute Gasteiger partial charge is 0.314 e. The van der Waals surface area contributed by atoms with Gasteiger partial charge < -0.3 is 4.74 Å². The Bertz CT molecular complexity index is 694. The Hall–Kier alpha value is -2.28. The van der Waals surface area contributed by atoms with Crippen LogP contribution in [0.25, 0.3) is 0 Å². The van der Waals surface area contributed by atoms with Gasteiger partial charge in [0.05, 0.1) is 16.6 Å². The van der Waals surface area contributed by atoms with Crippen LogP contribution in [0.2, 0.25) is 5.15 Å². The average molecular weight is 312 g/mol. The number of aromatic nitrogens is 2. The zero-order chi connectivity index (χ0) is 15.6. The number of hydrogen-bond acceptors (Lipinski definition) is 5. The molecule has 0 unspecified atom stereocenters. The summed E-state index contributed by atoms with van der Waals surface area (Å²) in [6.07, 6.45) is 1.19. The summed E-state index contributed by atoms with van der Waals surface area (Å²) >= 11 is 5.99. The molecule has 21 heavy (non-hydrogen) atoms. The Kier molecular flexibility index (Phi) is 4.32. The van der Waals surface area contributed by atoms with E-state index in [9.17, 15) is 14.5 Å². The molecule has 0 radical (unpaired) electrons. The second-order valence-electron chi connectivity index (χ2n) is 4.51. The van der Waals surface area contributed by atoms with Gasteiger partial charge in [-0.05, 0) is 18.1 Å². The van der Waals surface area contributed by atoms with Gasteiger partial charge in [0.15, 0.2) is 0 Å². The molecular formula is C13H11ClFN3O3. The minimum absolute atomic E-state index is 0.0480. The van der Waals surface area contributed by atoms with Crippen molar-refractivity contribution in [2.75, 3.05) is 0 Å². The Labute approximate surface area is 124 Å². The van der Waals surface area contributed by atoms with Crippen LogP contribution in [0.5, 0.6) is 11.6 Å². The predicted octanol–water partition coefficient (Wildman–Crippen LogP) is 4.09. The summed E-state index contributed by atoms with van der Waals surface area (Å²) in [5.74, 6) is -0.773. The molecule has 0 spiro atoms. The molecule has 0 saturated carbocycles. The first kappa shape index (κ1) is 15.1. The fraction of sp³-hybridized carbons (Fsp3) is 0.231. The molecule has 0 amide bonds. The second kappa shape index (κ2) is 6.01. The SMILES string of the molecule is CC(C)c1c(Cl)ncnc1Oc1ccc(F)cc1[N+](=O)[O-]. The maximum absolute atomic E-state index is 13.1. The highest BCUT2D eigenvalue weighted by molar-refractivity contribution is 6.30. The lowest BCUT2D eigenvalue weighted by molar-refractivity contribution is -0.385. The van der Waals surface area contributed by atoms with E-state index in [-0.39, 0.29) is 22.7 Å². The van der Waals surface area contributed by atoms with Crippen molar-refractivity contribution >= 4 is 17.3 Å². The van der Waals surface area contributed by atoms with E-state index >= 15 is 0 Å². The third kappa shape index (κ3) is 3.25. The lowest BCUT2D eigenvalue weighted by atomic mass is 10.1. The van der Waals surface area contributed by atoms with Crippen molar-refractivity contribution in [3.05, 3.63) is 51.2 Å². The molecule has 0 saturated heterocycles.